The van der Waals surface area contributed by atoms with E-state index >= 15 is 0 Å². The van der Waals surface area contributed by atoms with E-state index in [9.17, 15) is 0 Å². The summed E-state index contributed by atoms with van der Waals surface area (Å²) in [6, 6.07) is 10.5. The summed E-state index contributed by atoms with van der Waals surface area (Å²) >= 11 is 3.61. The average Bonchev–Trinajstić information content (AvgIpc) is 2.89. The molecule has 3 unspecified atom stereocenters. The maximum absolute atomic E-state index is 6.68. The number of hydrogen-bond acceptors (Lipinski definition) is 2. The first-order valence-electron chi connectivity index (χ1n) is 7.61. The first-order valence-corrected chi connectivity index (χ1v) is 8.41. The Morgan fingerprint density at radius 3 is 2.48 bits per heavy atom. The van der Waals surface area contributed by atoms with Gasteiger partial charge in [0, 0.05) is 12.5 Å². The molecular formula is C17H24BrN3. The Balaban J connectivity index is 2.44. The molecule has 3 nitrogen and oxygen atoms in total. The van der Waals surface area contributed by atoms with Crippen molar-refractivity contribution in [3.63, 3.8) is 0 Å². The molecule has 1 aromatic heterocycles. The molecule has 0 spiro atoms. The van der Waals surface area contributed by atoms with Gasteiger partial charge in [0.05, 0.1) is 22.4 Å². The van der Waals surface area contributed by atoms with Gasteiger partial charge in [0.1, 0.15) is 0 Å². The zero-order chi connectivity index (χ0) is 15.4. The third kappa shape index (κ3) is 3.38. The summed E-state index contributed by atoms with van der Waals surface area (Å²) in [5, 5.41) is 4.41. The minimum atomic E-state index is -0.0702. The maximum atomic E-state index is 6.68. The number of rotatable bonds is 6. The van der Waals surface area contributed by atoms with Gasteiger partial charge in [0.15, 0.2) is 0 Å². The van der Waals surface area contributed by atoms with Gasteiger partial charge in [0.25, 0.3) is 0 Å². The van der Waals surface area contributed by atoms with Gasteiger partial charge >= 0.3 is 0 Å². The molecule has 114 valence electrons. The highest BCUT2D eigenvalue weighted by molar-refractivity contribution is 9.10. The van der Waals surface area contributed by atoms with Gasteiger partial charge in [-0.3, -0.25) is 4.68 Å². The molecule has 1 aromatic carbocycles. The zero-order valence-electron chi connectivity index (χ0n) is 13.0. The van der Waals surface area contributed by atoms with Crippen molar-refractivity contribution in [1.82, 2.24) is 9.78 Å². The summed E-state index contributed by atoms with van der Waals surface area (Å²) in [7, 11) is 0. The Bertz CT molecular complexity index is 565. The van der Waals surface area contributed by atoms with Crippen LogP contribution < -0.4 is 5.73 Å². The van der Waals surface area contributed by atoms with Crippen LogP contribution >= 0.6 is 15.9 Å². The van der Waals surface area contributed by atoms with Gasteiger partial charge in [-0.05, 0) is 34.3 Å². The highest BCUT2D eigenvalue weighted by atomic mass is 79.9. The van der Waals surface area contributed by atoms with E-state index in [2.05, 4.69) is 72.1 Å². The molecule has 4 heteroatoms. The molecule has 0 bridgehead atoms. The van der Waals surface area contributed by atoms with E-state index < -0.39 is 0 Å². The number of nitrogens with two attached hydrogens (primary N) is 1. The smallest absolute Gasteiger partial charge is 0.0699 e. The van der Waals surface area contributed by atoms with Gasteiger partial charge in [-0.15, -0.1) is 0 Å². The molecule has 21 heavy (non-hydrogen) atoms. The molecular weight excluding hydrogens is 326 g/mol. The predicted octanol–water partition coefficient (Wildman–Crippen LogP) is 4.50. The molecule has 0 aliphatic rings. The van der Waals surface area contributed by atoms with Crippen LogP contribution in [0.3, 0.4) is 0 Å². The van der Waals surface area contributed by atoms with Crippen LogP contribution in [0.4, 0.5) is 0 Å². The van der Waals surface area contributed by atoms with Crippen molar-refractivity contribution in [1.29, 1.82) is 0 Å². The lowest BCUT2D eigenvalue weighted by molar-refractivity contribution is 0.372. The maximum Gasteiger partial charge on any atom is 0.0699 e. The number of aryl methyl sites for hydroxylation is 1. The molecule has 0 aliphatic heterocycles. The standard InChI is InChI=1S/C17H24BrN3/c1-4-12(3)15(13-9-7-6-8-10-13)16(19)17-14(18)11-20-21(17)5-2/h6-12,15-16H,4-5,19H2,1-3H3. The molecule has 1 heterocycles. The molecule has 0 radical (unpaired) electrons. The Morgan fingerprint density at radius 2 is 1.90 bits per heavy atom. The van der Waals surface area contributed by atoms with Crippen LogP contribution in [0, 0.1) is 5.92 Å². The van der Waals surface area contributed by atoms with Crippen molar-refractivity contribution in [3.05, 3.63) is 52.3 Å². The lowest BCUT2D eigenvalue weighted by atomic mass is 9.79. The average molecular weight is 350 g/mol. The molecule has 0 saturated heterocycles. The fourth-order valence-electron chi connectivity index (χ4n) is 2.94. The summed E-state index contributed by atoms with van der Waals surface area (Å²) in [5.74, 6) is 0.795. The molecule has 0 amide bonds. The van der Waals surface area contributed by atoms with Gasteiger partial charge in [0.2, 0.25) is 0 Å². The second-order valence-corrected chi connectivity index (χ2v) is 6.40. The van der Waals surface area contributed by atoms with E-state index in [1.54, 1.807) is 0 Å². The summed E-state index contributed by atoms with van der Waals surface area (Å²) < 4.78 is 2.99. The number of halogens is 1. The van der Waals surface area contributed by atoms with E-state index in [-0.39, 0.29) is 12.0 Å². The second kappa shape index (κ2) is 7.23. The summed E-state index contributed by atoms with van der Waals surface area (Å²) in [6.45, 7) is 7.42. The molecule has 0 fully saturated rings. The van der Waals surface area contributed by atoms with Crippen molar-refractivity contribution in [3.8, 4) is 0 Å². The lowest BCUT2D eigenvalue weighted by Gasteiger charge is -2.30. The largest absolute Gasteiger partial charge is 0.322 e. The molecule has 0 saturated carbocycles. The third-order valence-electron chi connectivity index (χ3n) is 4.28. The van der Waals surface area contributed by atoms with Gasteiger partial charge in [-0.1, -0.05) is 50.6 Å². The van der Waals surface area contributed by atoms with Crippen molar-refractivity contribution < 1.29 is 0 Å². The van der Waals surface area contributed by atoms with Gasteiger partial charge in [-0.25, -0.2) is 0 Å². The molecule has 2 aromatic rings. The molecule has 3 atom stereocenters. The Morgan fingerprint density at radius 1 is 1.24 bits per heavy atom. The van der Waals surface area contributed by atoms with Crippen LogP contribution in [-0.4, -0.2) is 9.78 Å². The summed E-state index contributed by atoms with van der Waals surface area (Å²) in [6.07, 6.45) is 2.95. The van der Waals surface area contributed by atoms with E-state index in [0.29, 0.717) is 5.92 Å². The van der Waals surface area contributed by atoms with Crippen LogP contribution in [0.1, 0.15) is 50.4 Å². The van der Waals surface area contributed by atoms with E-state index in [4.69, 9.17) is 5.73 Å². The number of benzene rings is 1. The fourth-order valence-corrected chi connectivity index (χ4v) is 3.50. The SMILES string of the molecule is CCC(C)C(c1ccccc1)C(N)c1c(Br)cnn1CC. The second-order valence-electron chi connectivity index (χ2n) is 5.54. The van der Waals surface area contributed by atoms with Gasteiger partial charge in [-0.2, -0.15) is 5.10 Å². The molecule has 2 rings (SSSR count). The number of aromatic nitrogens is 2. The van der Waals surface area contributed by atoms with Gasteiger partial charge < -0.3 is 5.73 Å². The fraction of sp³-hybridized carbons (Fsp3) is 0.471. The lowest BCUT2D eigenvalue weighted by Crippen LogP contribution is -2.27. The normalized spacial score (nSPS) is 15.7. The van der Waals surface area contributed by atoms with Crippen molar-refractivity contribution in [2.24, 2.45) is 11.7 Å². The molecule has 0 aliphatic carbocycles. The zero-order valence-corrected chi connectivity index (χ0v) is 14.5. The topological polar surface area (TPSA) is 43.8 Å². The highest BCUT2D eigenvalue weighted by Gasteiger charge is 2.29. The monoisotopic (exact) mass is 349 g/mol. The Labute approximate surface area is 135 Å². The van der Waals surface area contributed by atoms with Crippen molar-refractivity contribution in [2.75, 3.05) is 0 Å². The van der Waals surface area contributed by atoms with Crippen molar-refractivity contribution >= 4 is 15.9 Å². The first kappa shape index (κ1) is 16.2. The van der Waals surface area contributed by atoms with Crippen LogP contribution in [0.25, 0.3) is 0 Å². The predicted molar refractivity (Wildman–Crippen MR) is 91.2 cm³/mol. The number of nitrogens with zero attached hydrogens (tertiary/aromatic N) is 2. The summed E-state index contributed by atoms with van der Waals surface area (Å²) in [4.78, 5) is 0. The minimum absolute atomic E-state index is 0.0702. The Kier molecular flexibility index (Phi) is 5.59. The third-order valence-corrected chi connectivity index (χ3v) is 4.89. The number of hydrogen-bond donors (Lipinski definition) is 1. The Hall–Kier alpha value is -1.13. The first-order chi connectivity index (χ1) is 10.1. The van der Waals surface area contributed by atoms with Crippen LogP contribution in [-0.2, 0) is 6.54 Å². The summed E-state index contributed by atoms with van der Waals surface area (Å²) in [5.41, 5.74) is 9.07. The molecule has 2 N–H and O–H groups in total. The van der Waals surface area contributed by atoms with E-state index in [1.807, 2.05) is 10.9 Å². The highest BCUT2D eigenvalue weighted by Crippen LogP contribution is 2.39. The van der Waals surface area contributed by atoms with Crippen LogP contribution in [0.2, 0.25) is 0 Å². The van der Waals surface area contributed by atoms with E-state index in [1.165, 1.54) is 5.56 Å². The van der Waals surface area contributed by atoms with Crippen LogP contribution in [0.15, 0.2) is 41.0 Å². The quantitative estimate of drug-likeness (QED) is 0.834. The van der Waals surface area contributed by atoms with Crippen LogP contribution in [0.5, 0.6) is 0 Å². The van der Waals surface area contributed by atoms with Crippen molar-refractivity contribution in [2.45, 2.75) is 45.7 Å². The van der Waals surface area contributed by atoms with E-state index in [0.717, 1.165) is 23.1 Å². The minimum Gasteiger partial charge on any atom is -0.322 e.